The van der Waals surface area contributed by atoms with Crippen molar-refractivity contribution in [1.29, 1.82) is 0 Å². The molecule has 0 aromatic heterocycles. The summed E-state index contributed by atoms with van der Waals surface area (Å²) < 4.78 is 0. The van der Waals surface area contributed by atoms with Crippen LogP contribution in [0, 0.1) is 10.8 Å². The Kier molecular flexibility index (Phi) is 3.90. The number of Topliss-reactive ketones (excluding diaryl/α,β-unsaturated/α-hetero) is 3. The first-order valence-electron chi connectivity index (χ1n) is 6.34. The molecule has 0 atom stereocenters. The zero-order valence-corrected chi connectivity index (χ0v) is 11.3. The highest BCUT2D eigenvalue weighted by Gasteiger charge is 2.55. The third-order valence-corrected chi connectivity index (χ3v) is 3.90. The van der Waals surface area contributed by atoms with Crippen molar-refractivity contribution in [3.05, 3.63) is 0 Å². The van der Waals surface area contributed by atoms with Crippen LogP contribution in [0.25, 0.3) is 0 Å². The van der Waals surface area contributed by atoms with E-state index in [-0.39, 0.29) is 23.8 Å². The van der Waals surface area contributed by atoms with Crippen LogP contribution < -0.4 is 0 Å². The second-order valence-corrected chi connectivity index (χ2v) is 5.92. The van der Waals surface area contributed by atoms with Crippen molar-refractivity contribution in [1.82, 2.24) is 0 Å². The number of carbonyl (C=O) groups excluding carboxylic acids is 3. The lowest BCUT2D eigenvalue weighted by atomic mass is 9.56. The zero-order valence-electron chi connectivity index (χ0n) is 11.3. The van der Waals surface area contributed by atoms with E-state index in [4.69, 9.17) is 0 Å². The van der Waals surface area contributed by atoms with Gasteiger partial charge < -0.3 is 0 Å². The van der Waals surface area contributed by atoms with Crippen LogP contribution in [0.3, 0.4) is 0 Å². The maximum absolute atomic E-state index is 12.3. The summed E-state index contributed by atoms with van der Waals surface area (Å²) in [6, 6.07) is 0. The fraction of sp³-hybridized carbons (Fsp3) is 0.786. The van der Waals surface area contributed by atoms with Crippen LogP contribution in [0.15, 0.2) is 0 Å². The van der Waals surface area contributed by atoms with Gasteiger partial charge in [-0.2, -0.15) is 0 Å². The van der Waals surface area contributed by atoms with Gasteiger partial charge in [-0.25, -0.2) is 0 Å². The van der Waals surface area contributed by atoms with Gasteiger partial charge in [0, 0.05) is 25.7 Å². The van der Waals surface area contributed by atoms with Crippen molar-refractivity contribution < 1.29 is 14.4 Å². The van der Waals surface area contributed by atoms with E-state index in [0.717, 1.165) is 0 Å². The number of hydrogen-bond donors (Lipinski definition) is 0. The summed E-state index contributed by atoms with van der Waals surface area (Å²) in [6.45, 7) is 7.43. The second-order valence-electron chi connectivity index (χ2n) is 5.92. The van der Waals surface area contributed by atoms with Gasteiger partial charge in [0.2, 0.25) is 0 Å². The Balaban J connectivity index is 3.21. The Morgan fingerprint density at radius 3 is 2.00 bits per heavy atom. The van der Waals surface area contributed by atoms with E-state index >= 15 is 0 Å². The Bertz CT molecular complexity index is 331. The van der Waals surface area contributed by atoms with Gasteiger partial charge in [0.1, 0.15) is 17.3 Å². The van der Waals surface area contributed by atoms with Gasteiger partial charge in [-0.15, -0.1) is 0 Å². The Morgan fingerprint density at radius 2 is 1.65 bits per heavy atom. The molecule has 0 aliphatic heterocycles. The summed E-state index contributed by atoms with van der Waals surface area (Å²) in [7, 11) is 0. The summed E-state index contributed by atoms with van der Waals surface area (Å²) in [4.78, 5) is 36.2. The first-order chi connectivity index (χ1) is 7.75. The molecule has 0 amide bonds. The van der Waals surface area contributed by atoms with Gasteiger partial charge in [0.25, 0.3) is 0 Å². The molecule has 0 saturated heterocycles. The molecule has 3 nitrogen and oxygen atoms in total. The first-order valence-corrected chi connectivity index (χ1v) is 6.34. The highest BCUT2D eigenvalue weighted by Crippen LogP contribution is 2.48. The summed E-state index contributed by atoms with van der Waals surface area (Å²) in [5, 5.41) is 0. The third-order valence-electron chi connectivity index (χ3n) is 3.90. The van der Waals surface area contributed by atoms with E-state index in [9.17, 15) is 14.4 Å². The molecule has 0 heterocycles. The molecule has 0 aromatic carbocycles. The Labute approximate surface area is 103 Å². The van der Waals surface area contributed by atoms with Crippen LogP contribution in [-0.2, 0) is 14.4 Å². The molecule has 0 spiro atoms. The number of ketones is 3. The van der Waals surface area contributed by atoms with E-state index in [0.29, 0.717) is 25.7 Å². The summed E-state index contributed by atoms with van der Waals surface area (Å²) in [5.74, 6) is -0.0744. The van der Waals surface area contributed by atoms with Crippen LogP contribution in [0.2, 0.25) is 0 Å². The van der Waals surface area contributed by atoms with Gasteiger partial charge in [-0.3, -0.25) is 14.4 Å². The molecule has 1 aliphatic carbocycles. The molecule has 96 valence electrons. The van der Waals surface area contributed by atoms with Crippen molar-refractivity contribution in [3.63, 3.8) is 0 Å². The average Bonchev–Trinajstić information content (AvgIpc) is 2.21. The van der Waals surface area contributed by atoms with Crippen molar-refractivity contribution in [2.45, 2.75) is 59.8 Å². The Hall–Kier alpha value is -0.990. The number of carbonyl (C=O) groups is 3. The minimum atomic E-state index is -1.07. The van der Waals surface area contributed by atoms with Gasteiger partial charge in [-0.05, 0) is 11.8 Å². The van der Waals surface area contributed by atoms with E-state index in [2.05, 4.69) is 0 Å². The van der Waals surface area contributed by atoms with Crippen molar-refractivity contribution in [3.8, 4) is 0 Å². The monoisotopic (exact) mass is 238 g/mol. The average molecular weight is 238 g/mol. The molecule has 1 fully saturated rings. The molecule has 0 unspecified atom stereocenters. The normalized spacial score (nSPS) is 20.5. The van der Waals surface area contributed by atoms with Crippen LogP contribution in [0.1, 0.15) is 59.8 Å². The predicted octanol–water partition coefficient (Wildman–Crippen LogP) is 2.71. The molecule has 0 bridgehead atoms. The summed E-state index contributed by atoms with van der Waals surface area (Å²) in [5.41, 5.74) is -1.55. The van der Waals surface area contributed by atoms with E-state index in [1.54, 1.807) is 6.92 Å². The lowest BCUT2D eigenvalue weighted by Gasteiger charge is -2.44. The summed E-state index contributed by atoms with van der Waals surface area (Å²) in [6.07, 6.45) is 1.97. The maximum Gasteiger partial charge on any atom is 0.147 e. The molecule has 1 saturated carbocycles. The molecule has 0 radical (unpaired) electrons. The number of rotatable bonds is 3. The van der Waals surface area contributed by atoms with Gasteiger partial charge in [0.05, 0.1) is 5.41 Å². The third kappa shape index (κ3) is 2.33. The largest absolute Gasteiger partial charge is 0.300 e. The van der Waals surface area contributed by atoms with Crippen molar-refractivity contribution >= 4 is 17.3 Å². The topological polar surface area (TPSA) is 51.2 Å². The number of hydrogen-bond acceptors (Lipinski definition) is 3. The lowest BCUT2D eigenvalue weighted by Crippen LogP contribution is -2.52. The van der Waals surface area contributed by atoms with E-state index in [1.165, 1.54) is 0 Å². The fourth-order valence-corrected chi connectivity index (χ4v) is 2.71. The molecular weight excluding hydrogens is 216 g/mol. The second kappa shape index (κ2) is 4.71. The van der Waals surface area contributed by atoms with E-state index in [1.807, 2.05) is 20.8 Å². The first kappa shape index (κ1) is 14.1. The smallest absolute Gasteiger partial charge is 0.147 e. The molecule has 1 aliphatic rings. The zero-order chi connectivity index (χ0) is 13.3. The standard InChI is InChI=1S/C14H22O3/c1-5-10(15)9-14(13(2,3)4)11(16)7-6-8-12(14)17/h5-9H2,1-4H3. The lowest BCUT2D eigenvalue weighted by molar-refractivity contribution is -0.155. The molecule has 0 N–H and O–H groups in total. The highest BCUT2D eigenvalue weighted by atomic mass is 16.2. The fourth-order valence-electron chi connectivity index (χ4n) is 2.71. The van der Waals surface area contributed by atoms with Crippen molar-refractivity contribution in [2.24, 2.45) is 10.8 Å². The van der Waals surface area contributed by atoms with E-state index < -0.39 is 10.8 Å². The maximum atomic E-state index is 12.3. The van der Waals surface area contributed by atoms with Gasteiger partial charge >= 0.3 is 0 Å². The summed E-state index contributed by atoms with van der Waals surface area (Å²) >= 11 is 0. The quantitative estimate of drug-likeness (QED) is 0.710. The van der Waals surface area contributed by atoms with Gasteiger partial charge in [-0.1, -0.05) is 27.7 Å². The SMILES string of the molecule is CCC(=O)CC1(C(C)(C)C)C(=O)CCCC1=O. The minimum absolute atomic E-state index is 0.00326. The molecule has 1 rings (SSSR count). The Morgan fingerprint density at radius 1 is 1.18 bits per heavy atom. The molecule has 3 heteroatoms. The van der Waals surface area contributed by atoms with Crippen LogP contribution in [0.4, 0.5) is 0 Å². The van der Waals surface area contributed by atoms with Crippen molar-refractivity contribution in [2.75, 3.05) is 0 Å². The highest BCUT2D eigenvalue weighted by molar-refractivity contribution is 6.12. The predicted molar refractivity (Wildman–Crippen MR) is 65.7 cm³/mol. The minimum Gasteiger partial charge on any atom is -0.300 e. The van der Waals surface area contributed by atoms with Crippen LogP contribution in [0.5, 0.6) is 0 Å². The van der Waals surface area contributed by atoms with Crippen LogP contribution in [-0.4, -0.2) is 17.3 Å². The molecule has 17 heavy (non-hydrogen) atoms. The molecule has 0 aromatic rings. The van der Waals surface area contributed by atoms with Crippen LogP contribution >= 0.6 is 0 Å². The van der Waals surface area contributed by atoms with Gasteiger partial charge in [0.15, 0.2) is 0 Å². The molecular formula is C14H22O3.